The molecular weight excluding hydrogens is 220 g/mol. The summed E-state index contributed by atoms with van der Waals surface area (Å²) in [5, 5.41) is 14.3. The maximum absolute atomic E-state index is 11.6. The van der Waals surface area contributed by atoms with Crippen LogP contribution in [0.25, 0.3) is 0 Å². The van der Waals surface area contributed by atoms with Crippen LogP contribution >= 0.6 is 0 Å². The van der Waals surface area contributed by atoms with Crippen molar-refractivity contribution in [2.24, 2.45) is 11.8 Å². The summed E-state index contributed by atoms with van der Waals surface area (Å²) < 4.78 is 0. The highest BCUT2D eigenvalue weighted by Gasteiger charge is 2.25. The van der Waals surface area contributed by atoms with Crippen molar-refractivity contribution in [2.45, 2.75) is 52.1 Å². The molecule has 3 N–H and O–H groups in total. The Hall–Kier alpha value is -1.26. The lowest BCUT2D eigenvalue weighted by molar-refractivity contribution is -0.141. The van der Waals surface area contributed by atoms with Crippen molar-refractivity contribution in [1.82, 2.24) is 10.6 Å². The molecule has 2 amide bonds. The predicted octanol–water partition coefficient (Wildman–Crippen LogP) is 1.58. The summed E-state index contributed by atoms with van der Waals surface area (Å²) in [5.41, 5.74) is 0. The van der Waals surface area contributed by atoms with Crippen molar-refractivity contribution in [2.75, 3.05) is 0 Å². The van der Waals surface area contributed by atoms with Crippen molar-refractivity contribution in [3.63, 3.8) is 0 Å². The molecule has 1 aliphatic carbocycles. The molecule has 0 saturated heterocycles. The van der Waals surface area contributed by atoms with Gasteiger partial charge in [0.25, 0.3) is 0 Å². The van der Waals surface area contributed by atoms with E-state index in [0.29, 0.717) is 0 Å². The van der Waals surface area contributed by atoms with Gasteiger partial charge >= 0.3 is 12.0 Å². The highest BCUT2D eigenvalue weighted by atomic mass is 16.4. The van der Waals surface area contributed by atoms with Gasteiger partial charge in [0.05, 0.1) is 5.92 Å². The highest BCUT2D eigenvalue weighted by Crippen LogP contribution is 2.33. The number of carboxylic acids is 1. The summed E-state index contributed by atoms with van der Waals surface area (Å²) >= 11 is 0. The Bertz CT molecular complexity index is 289. The van der Waals surface area contributed by atoms with Crippen LogP contribution < -0.4 is 10.6 Å². The molecule has 0 radical (unpaired) electrons. The zero-order chi connectivity index (χ0) is 13.0. The summed E-state index contributed by atoms with van der Waals surface area (Å²) in [5.74, 6) is -0.719. The largest absolute Gasteiger partial charge is 0.481 e. The van der Waals surface area contributed by atoms with Crippen molar-refractivity contribution in [3.05, 3.63) is 0 Å². The number of nitrogens with one attached hydrogen (secondary N) is 2. The van der Waals surface area contributed by atoms with Crippen LogP contribution in [0.4, 0.5) is 4.79 Å². The SMILES string of the molecule is CC(CC1CC1)NC(=O)NC(C)C(C)C(=O)O. The number of rotatable bonds is 6. The second kappa shape index (κ2) is 5.89. The van der Waals surface area contributed by atoms with E-state index in [1.54, 1.807) is 13.8 Å². The third kappa shape index (κ3) is 5.06. The molecule has 5 nitrogen and oxygen atoms in total. The van der Waals surface area contributed by atoms with Crippen LogP contribution in [-0.4, -0.2) is 29.2 Å². The molecule has 17 heavy (non-hydrogen) atoms. The van der Waals surface area contributed by atoms with Gasteiger partial charge in [-0.1, -0.05) is 12.8 Å². The van der Waals surface area contributed by atoms with Crippen LogP contribution in [0.3, 0.4) is 0 Å². The minimum Gasteiger partial charge on any atom is -0.481 e. The molecule has 5 heteroatoms. The maximum Gasteiger partial charge on any atom is 0.315 e. The molecule has 1 saturated carbocycles. The van der Waals surface area contributed by atoms with Gasteiger partial charge in [0.15, 0.2) is 0 Å². The number of amides is 2. The zero-order valence-corrected chi connectivity index (χ0v) is 10.7. The number of carbonyl (C=O) groups is 2. The number of carboxylic acid groups (broad SMARTS) is 1. The molecule has 0 bridgehead atoms. The van der Waals surface area contributed by atoms with E-state index in [-0.39, 0.29) is 18.1 Å². The fraction of sp³-hybridized carbons (Fsp3) is 0.833. The van der Waals surface area contributed by atoms with Gasteiger partial charge in [0, 0.05) is 12.1 Å². The Labute approximate surface area is 102 Å². The van der Waals surface area contributed by atoms with E-state index in [1.165, 1.54) is 12.8 Å². The van der Waals surface area contributed by atoms with Gasteiger partial charge < -0.3 is 15.7 Å². The van der Waals surface area contributed by atoms with Crippen molar-refractivity contribution < 1.29 is 14.7 Å². The molecule has 0 heterocycles. The third-order valence-electron chi connectivity index (χ3n) is 3.26. The Morgan fingerprint density at radius 1 is 1.24 bits per heavy atom. The first-order chi connectivity index (χ1) is 7.90. The Balaban J connectivity index is 2.25. The lowest BCUT2D eigenvalue weighted by atomic mass is 10.0. The lowest BCUT2D eigenvalue weighted by Gasteiger charge is -2.20. The number of aliphatic carboxylic acids is 1. The van der Waals surface area contributed by atoms with Crippen LogP contribution in [0.1, 0.15) is 40.0 Å². The molecule has 1 aliphatic rings. The first-order valence-electron chi connectivity index (χ1n) is 6.20. The molecule has 0 aromatic carbocycles. The fourth-order valence-electron chi connectivity index (χ4n) is 1.72. The van der Waals surface area contributed by atoms with Crippen LogP contribution in [0.2, 0.25) is 0 Å². The summed E-state index contributed by atoms with van der Waals surface area (Å²) in [6.07, 6.45) is 3.54. The van der Waals surface area contributed by atoms with E-state index in [0.717, 1.165) is 12.3 Å². The van der Waals surface area contributed by atoms with Crippen LogP contribution in [0.15, 0.2) is 0 Å². The quantitative estimate of drug-likeness (QED) is 0.661. The van der Waals surface area contributed by atoms with Crippen LogP contribution in [0.5, 0.6) is 0 Å². The Kier molecular flexibility index (Phi) is 4.78. The Morgan fingerprint density at radius 2 is 1.82 bits per heavy atom. The van der Waals surface area contributed by atoms with E-state index in [2.05, 4.69) is 10.6 Å². The molecule has 1 fully saturated rings. The van der Waals surface area contributed by atoms with E-state index >= 15 is 0 Å². The van der Waals surface area contributed by atoms with Gasteiger partial charge in [-0.3, -0.25) is 4.79 Å². The highest BCUT2D eigenvalue weighted by molar-refractivity contribution is 5.76. The van der Waals surface area contributed by atoms with Gasteiger partial charge in [-0.15, -0.1) is 0 Å². The molecule has 3 unspecified atom stereocenters. The minimum atomic E-state index is -0.899. The standard InChI is InChI=1S/C12H22N2O3/c1-7(6-10-4-5-10)13-12(17)14-9(3)8(2)11(15)16/h7-10H,4-6H2,1-3H3,(H,15,16)(H2,13,14,17). The van der Waals surface area contributed by atoms with Crippen LogP contribution in [-0.2, 0) is 4.79 Å². The van der Waals surface area contributed by atoms with Gasteiger partial charge in [0.1, 0.15) is 0 Å². The topological polar surface area (TPSA) is 78.4 Å². The average Bonchev–Trinajstić information content (AvgIpc) is 2.99. The summed E-state index contributed by atoms with van der Waals surface area (Å²) in [6, 6.07) is -0.505. The fourth-order valence-corrected chi connectivity index (χ4v) is 1.72. The molecule has 3 atom stereocenters. The molecule has 0 aliphatic heterocycles. The summed E-state index contributed by atoms with van der Waals surface area (Å²) in [4.78, 5) is 22.3. The van der Waals surface area contributed by atoms with Gasteiger partial charge in [-0.05, 0) is 33.1 Å². The van der Waals surface area contributed by atoms with E-state index in [4.69, 9.17) is 5.11 Å². The predicted molar refractivity (Wildman–Crippen MR) is 64.7 cm³/mol. The molecule has 0 spiro atoms. The van der Waals surface area contributed by atoms with Crippen molar-refractivity contribution in [3.8, 4) is 0 Å². The first kappa shape index (κ1) is 13.8. The number of urea groups is 1. The number of carbonyl (C=O) groups excluding carboxylic acids is 1. The number of hydrogen-bond donors (Lipinski definition) is 3. The molecule has 98 valence electrons. The van der Waals surface area contributed by atoms with Crippen LogP contribution in [0, 0.1) is 11.8 Å². The summed E-state index contributed by atoms with van der Waals surface area (Å²) in [6.45, 7) is 5.26. The van der Waals surface area contributed by atoms with Crippen molar-refractivity contribution in [1.29, 1.82) is 0 Å². The van der Waals surface area contributed by atoms with E-state index in [9.17, 15) is 9.59 Å². The molecule has 0 aromatic rings. The average molecular weight is 242 g/mol. The minimum absolute atomic E-state index is 0.148. The van der Waals surface area contributed by atoms with E-state index < -0.39 is 11.9 Å². The molecular formula is C12H22N2O3. The second-order valence-electron chi connectivity index (χ2n) is 5.11. The second-order valence-corrected chi connectivity index (χ2v) is 5.11. The molecule has 0 aromatic heterocycles. The monoisotopic (exact) mass is 242 g/mol. The van der Waals surface area contributed by atoms with Gasteiger partial charge in [-0.2, -0.15) is 0 Å². The molecule has 1 rings (SSSR count). The van der Waals surface area contributed by atoms with Gasteiger partial charge in [0.2, 0.25) is 0 Å². The number of hydrogen-bond acceptors (Lipinski definition) is 2. The third-order valence-corrected chi connectivity index (χ3v) is 3.26. The van der Waals surface area contributed by atoms with E-state index in [1.807, 2.05) is 6.92 Å². The normalized spacial score (nSPS) is 20.2. The smallest absolute Gasteiger partial charge is 0.315 e. The first-order valence-corrected chi connectivity index (χ1v) is 6.20. The zero-order valence-electron chi connectivity index (χ0n) is 10.7. The maximum atomic E-state index is 11.6. The summed E-state index contributed by atoms with van der Waals surface area (Å²) in [7, 11) is 0. The lowest BCUT2D eigenvalue weighted by Crippen LogP contribution is -2.47. The van der Waals surface area contributed by atoms with Crippen molar-refractivity contribution >= 4 is 12.0 Å². The Morgan fingerprint density at radius 3 is 2.29 bits per heavy atom. The van der Waals surface area contributed by atoms with Gasteiger partial charge in [-0.25, -0.2) is 4.79 Å².